The molecule has 0 aliphatic carbocycles. The Balaban J connectivity index is 0.00000225. The van der Waals surface area contributed by atoms with Crippen LogP contribution in [0, 0.1) is 0 Å². The number of aliphatic hydroxyl groups is 1. The number of nitrogens with zero attached hydrogens (tertiary/aromatic N) is 4. The lowest BCUT2D eigenvalue weighted by Gasteiger charge is -2.32. The first kappa shape index (κ1) is 19.3. The van der Waals surface area contributed by atoms with Gasteiger partial charge in [-0.05, 0) is 38.1 Å². The molecule has 9 heteroatoms. The third-order valence-electron chi connectivity index (χ3n) is 4.15. The van der Waals surface area contributed by atoms with Gasteiger partial charge >= 0.3 is 0 Å². The van der Waals surface area contributed by atoms with Crippen LogP contribution >= 0.6 is 12.4 Å². The molecular weight excluding hydrogens is 344 g/mol. The zero-order chi connectivity index (χ0) is 16.8. The Hall–Kier alpha value is -2.03. The molecule has 3 N–H and O–H groups in total. The summed E-state index contributed by atoms with van der Waals surface area (Å²) in [5.41, 5.74) is 0.397. The molecule has 0 atom stereocenters. The molecule has 3 heterocycles. The molecule has 2 aromatic heterocycles. The van der Waals surface area contributed by atoms with E-state index in [9.17, 15) is 9.90 Å². The maximum absolute atomic E-state index is 12.1. The van der Waals surface area contributed by atoms with E-state index < -0.39 is 5.60 Å². The van der Waals surface area contributed by atoms with Gasteiger partial charge in [0.25, 0.3) is 5.91 Å². The predicted octanol–water partition coefficient (Wildman–Crippen LogP) is 0.182. The fourth-order valence-corrected chi connectivity index (χ4v) is 2.77. The van der Waals surface area contributed by atoms with Crippen LogP contribution in [0.25, 0.3) is 0 Å². The summed E-state index contributed by atoms with van der Waals surface area (Å²) in [6.07, 6.45) is 5.30. The van der Waals surface area contributed by atoms with E-state index in [1.54, 1.807) is 17.1 Å². The Labute approximate surface area is 152 Å². The standard InChI is InChI=1S/C16H22N6O2.ClH/c23-15(19-8-4-13-3-1-2-7-18-13)14-11-22(21-20-14)12-16(24)5-9-17-10-6-16;/h1-3,7,11,17,24H,4-6,8-10,12H2,(H,19,23);1H. The van der Waals surface area contributed by atoms with Gasteiger partial charge in [0.15, 0.2) is 5.69 Å². The molecule has 0 radical (unpaired) electrons. The lowest BCUT2D eigenvalue weighted by Crippen LogP contribution is -2.44. The molecule has 2 aromatic rings. The van der Waals surface area contributed by atoms with E-state index in [0.29, 0.717) is 32.4 Å². The SMILES string of the molecule is Cl.O=C(NCCc1ccccn1)c1cn(CC2(O)CCNCC2)nn1. The van der Waals surface area contributed by atoms with E-state index in [1.165, 1.54) is 0 Å². The van der Waals surface area contributed by atoms with Gasteiger partial charge in [0.1, 0.15) is 0 Å². The van der Waals surface area contributed by atoms with Gasteiger partial charge in [-0.1, -0.05) is 11.3 Å². The van der Waals surface area contributed by atoms with Crippen molar-refractivity contribution >= 4 is 18.3 Å². The smallest absolute Gasteiger partial charge is 0.273 e. The highest BCUT2D eigenvalue weighted by Crippen LogP contribution is 2.19. The van der Waals surface area contributed by atoms with E-state index in [0.717, 1.165) is 18.8 Å². The molecule has 136 valence electrons. The van der Waals surface area contributed by atoms with Crippen molar-refractivity contribution in [1.82, 2.24) is 30.6 Å². The van der Waals surface area contributed by atoms with E-state index in [1.807, 2.05) is 18.2 Å². The van der Waals surface area contributed by atoms with E-state index in [2.05, 4.69) is 25.9 Å². The van der Waals surface area contributed by atoms with Crippen LogP contribution in [0.1, 0.15) is 29.0 Å². The summed E-state index contributed by atoms with van der Waals surface area (Å²) in [7, 11) is 0. The number of amides is 1. The lowest BCUT2D eigenvalue weighted by molar-refractivity contribution is -0.00866. The molecule has 0 bridgehead atoms. The number of piperidine rings is 1. The van der Waals surface area contributed by atoms with Gasteiger partial charge in [-0.15, -0.1) is 17.5 Å². The topological polar surface area (TPSA) is 105 Å². The summed E-state index contributed by atoms with van der Waals surface area (Å²) in [6, 6.07) is 5.69. The molecule has 8 nitrogen and oxygen atoms in total. The molecule has 1 aliphatic heterocycles. The summed E-state index contributed by atoms with van der Waals surface area (Å²) in [6.45, 7) is 2.40. The minimum Gasteiger partial charge on any atom is -0.388 e. The lowest BCUT2D eigenvalue weighted by atomic mass is 9.92. The first-order valence-corrected chi connectivity index (χ1v) is 8.16. The first-order chi connectivity index (χ1) is 11.6. The zero-order valence-corrected chi connectivity index (χ0v) is 14.7. The Kier molecular flexibility index (Phi) is 6.86. The van der Waals surface area contributed by atoms with Crippen molar-refractivity contribution in [1.29, 1.82) is 0 Å². The summed E-state index contributed by atoms with van der Waals surface area (Å²) >= 11 is 0. The highest BCUT2D eigenvalue weighted by Gasteiger charge is 2.30. The Morgan fingerprint density at radius 1 is 1.36 bits per heavy atom. The third-order valence-corrected chi connectivity index (χ3v) is 4.15. The second-order valence-corrected chi connectivity index (χ2v) is 6.10. The fourth-order valence-electron chi connectivity index (χ4n) is 2.77. The number of hydrogen-bond donors (Lipinski definition) is 3. The van der Waals surface area contributed by atoms with Gasteiger partial charge in [0.05, 0.1) is 18.3 Å². The molecule has 3 rings (SSSR count). The Morgan fingerprint density at radius 3 is 2.88 bits per heavy atom. The summed E-state index contributed by atoms with van der Waals surface area (Å²) < 4.78 is 1.54. The molecule has 25 heavy (non-hydrogen) atoms. The number of rotatable bonds is 6. The molecule has 1 saturated heterocycles. The van der Waals surface area contributed by atoms with Crippen LogP contribution in [-0.2, 0) is 13.0 Å². The van der Waals surface area contributed by atoms with Crippen LogP contribution in [0.5, 0.6) is 0 Å². The minimum absolute atomic E-state index is 0. The van der Waals surface area contributed by atoms with Gasteiger partial charge in [-0.3, -0.25) is 9.78 Å². The number of halogens is 1. The minimum atomic E-state index is -0.786. The van der Waals surface area contributed by atoms with Crippen molar-refractivity contribution in [2.24, 2.45) is 0 Å². The van der Waals surface area contributed by atoms with Crippen LogP contribution in [0.4, 0.5) is 0 Å². The number of nitrogens with one attached hydrogen (secondary N) is 2. The molecule has 0 unspecified atom stereocenters. The third kappa shape index (κ3) is 5.48. The molecule has 1 aliphatic rings. The van der Waals surface area contributed by atoms with Crippen molar-refractivity contribution < 1.29 is 9.90 Å². The van der Waals surface area contributed by atoms with Gasteiger partial charge in [0.2, 0.25) is 0 Å². The predicted molar refractivity (Wildman–Crippen MR) is 94.6 cm³/mol. The normalized spacial score (nSPS) is 16.0. The Bertz CT molecular complexity index is 672. The second-order valence-electron chi connectivity index (χ2n) is 6.10. The van der Waals surface area contributed by atoms with E-state index in [-0.39, 0.29) is 24.0 Å². The first-order valence-electron chi connectivity index (χ1n) is 8.16. The van der Waals surface area contributed by atoms with Gasteiger partial charge in [-0.2, -0.15) is 0 Å². The number of aromatic nitrogens is 4. The van der Waals surface area contributed by atoms with Gasteiger partial charge < -0.3 is 15.7 Å². The average molecular weight is 367 g/mol. The van der Waals surface area contributed by atoms with Gasteiger partial charge in [0, 0.05) is 24.9 Å². The van der Waals surface area contributed by atoms with Crippen LogP contribution in [0.15, 0.2) is 30.6 Å². The molecule has 1 amide bonds. The van der Waals surface area contributed by atoms with Crippen LogP contribution in [-0.4, -0.2) is 56.2 Å². The van der Waals surface area contributed by atoms with E-state index in [4.69, 9.17) is 0 Å². The molecular formula is C16H23ClN6O2. The van der Waals surface area contributed by atoms with Crippen molar-refractivity contribution in [3.8, 4) is 0 Å². The monoisotopic (exact) mass is 366 g/mol. The molecule has 0 saturated carbocycles. The highest BCUT2D eigenvalue weighted by molar-refractivity contribution is 5.91. The number of carbonyl (C=O) groups excluding carboxylic acids is 1. The molecule has 0 aromatic carbocycles. The largest absolute Gasteiger partial charge is 0.388 e. The molecule has 1 fully saturated rings. The van der Waals surface area contributed by atoms with E-state index >= 15 is 0 Å². The van der Waals surface area contributed by atoms with Crippen LogP contribution in [0.3, 0.4) is 0 Å². The maximum atomic E-state index is 12.1. The number of pyridine rings is 1. The van der Waals surface area contributed by atoms with Gasteiger partial charge in [-0.25, -0.2) is 4.68 Å². The second kappa shape index (κ2) is 8.89. The van der Waals surface area contributed by atoms with Crippen molar-refractivity contribution in [2.75, 3.05) is 19.6 Å². The highest BCUT2D eigenvalue weighted by atomic mass is 35.5. The number of hydrogen-bond acceptors (Lipinski definition) is 6. The van der Waals surface area contributed by atoms with Crippen molar-refractivity contribution in [3.63, 3.8) is 0 Å². The van der Waals surface area contributed by atoms with Crippen LogP contribution in [0.2, 0.25) is 0 Å². The maximum Gasteiger partial charge on any atom is 0.273 e. The summed E-state index contributed by atoms with van der Waals surface area (Å²) in [5, 5.41) is 24.4. The van der Waals surface area contributed by atoms with Crippen molar-refractivity contribution in [2.45, 2.75) is 31.4 Å². The summed E-state index contributed by atoms with van der Waals surface area (Å²) in [5.74, 6) is -0.269. The Morgan fingerprint density at radius 2 is 2.16 bits per heavy atom. The fraction of sp³-hybridized carbons (Fsp3) is 0.500. The summed E-state index contributed by atoms with van der Waals surface area (Å²) in [4.78, 5) is 16.3. The average Bonchev–Trinajstić information content (AvgIpc) is 3.04. The van der Waals surface area contributed by atoms with Crippen molar-refractivity contribution in [3.05, 3.63) is 42.0 Å². The molecule has 0 spiro atoms. The number of carbonyl (C=O) groups is 1. The van der Waals surface area contributed by atoms with Crippen LogP contribution < -0.4 is 10.6 Å². The zero-order valence-electron chi connectivity index (χ0n) is 13.9. The quantitative estimate of drug-likeness (QED) is 0.673.